The maximum absolute atomic E-state index is 12.8. The predicted octanol–water partition coefficient (Wildman–Crippen LogP) is 3.13. The number of halogens is 2. The van der Waals surface area contributed by atoms with Crippen LogP contribution >= 0.6 is 0 Å². The summed E-state index contributed by atoms with van der Waals surface area (Å²) in [6.07, 6.45) is 3.66. The Bertz CT molecular complexity index is 335. The number of hydrogen-bond acceptors (Lipinski definition) is 2. The van der Waals surface area contributed by atoms with E-state index in [2.05, 4.69) is 0 Å². The first-order valence-corrected chi connectivity index (χ1v) is 5.61. The molecule has 0 aromatic heterocycles. The van der Waals surface area contributed by atoms with Crippen molar-refractivity contribution >= 4 is 5.97 Å². The second-order valence-electron chi connectivity index (χ2n) is 3.99. The van der Waals surface area contributed by atoms with Crippen LogP contribution in [0.5, 0.6) is 0 Å². The Morgan fingerprint density at radius 2 is 2.35 bits per heavy atom. The van der Waals surface area contributed by atoms with Crippen molar-refractivity contribution in [3.8, 4) is 0 Å². The molecule has 0 radical (unpaired) electrons. The molecule has 1 unspecified atom stereocenters. The molecule has 96 valence electrons. The summed E-state index contributed by atoms with van der Waals surface area (Å²) >= 11 is 0. The summed E-state index contributed by atoms with van der Waals surface area (Å²) in [6.45, 7) is 1.94. The summed E-state index contributed by atoms with van der Waals surface area (Å²) < 4.78 is 30.7. The van der Waals surface area contributed by atoms with Crippen molar-refractivity contribution in [3.05, 3.63) is 24.0 Å². The van der Waals surface area contributed by atoms with Gasteiger partial charge in [-0.25, -0.2) is 13.6 Å². The predicted molar refractivity (Wildman–Crippen MR) is 58.8 cm³/mol. The average molecular weight is 246 g/mol. The fraction of sp³-hybridized carbons (Fsp3) is 0.583. The molecule has 1 rings (SSSR count). The lowest BCUT2D eigenvalue weighted by atomic mass is 10.1. The summed E-state index contributed by atoms with van der Waals surface area (Å²) in [6, 6.07) is 0. The van der Waals surface area contributed by atoms with E-state index >= 15 is 0 Å². The largest absolute Gasteiger partial charge is 0.479 e. The molecule has 0 amide bonds. The Kier molecular flexibility index (Phi) is 4.66. The average Bonchev–Trinajstić information content (AvgIpc) is 2.26. The first kappa shape index (κ1) is 13.7. The second kappa shape index (κ2) is 5.80. The monoisotopic (exact) mass is 246 g/mol. The third-order valence-electron chi connectivity index (χ3n) is 2.44. The van der Waals surface area contributed by atoms with Gasteiger partial charge in [0.2, 0.25) is 0 Å². The Hall–Kier alpha value is -1.39. The smallest absolute Gasteiger partial charge is 0.344 e. The van der Waals surface area contributed by atoms with Crippen LogP contribution in [0.25, 0.3) is 0 Å². The normalized spacial score (nSPS) is 19.6. The minimum Gasteiger partial charge on any atom is -0.479 e. The zero-order valence-corrected chi connectivity index (χ0v) is 9.66. The van der Waals surface area contributed by atoms with Gasteiger partial charge in [0, 0.05) is 6.42 Å². The fourth-order valence-electron chi connectivity index (χ4n) is 1.45. The Morgan fingerprint density at radius 1 is 1.65 bits per heavy atom. The highest BCUT2D eigenvalue weighted by Crippen LogP contribution is 2.27. The standard InChI is InChI=1S/C12H16F2O3/c1-2-3-4-10(11(15)16)17-9-5-7-12(13,14)8-6-9/h5-7,10H,2-4,8H2,1H3,(H,15,16). The summed E-state index contributed by atoms with van der Waals surface area (Å²) in [4.78, 5) is 10.9. The molecule has 3 nitrogen and oxygen atoms in total. The molecule has 5 heteroatoms. The molecule has 0 bridgehead atoms. The van der Waals surface area contributed by atoms with Crippen LogP contribution in [0.2, 0.25) is 0 Å². The Morgan fingerprint density at radius 3 is 2.82 bits per heavy atom. The molecule has 1 aliphatic carbocycles. The van der Waals surface area contributed by atoms with Gasteiger partial charge in [-0.05, 0) is 31.1 Å². The number of aliphatic carboxylic acids is 1. The number of carboxylic acid groups (broad SMARTS) is 1. The van der Waals surface area contributed by atoms with Gasteiger partial charge in [0.1, 0.15) is 5.76 Å². The number of unbranched alkanes of at least 4 members (excludes halogenated alkanes) is 1. The number of rotatable bonds is 6. The van der Waals surface area contributed by atoms with Crippen LogP contribution in [0, 0.1) is 0 Å². The van der Waals surface area contributed by atoms with Crippen LogP contribution < -0.4 is 0 Å². The topological polar surface area (TPSA) is 46.5 Å². The molecule has 0 heterocycles. The van der Waals surface area contributed by atoms with Gasteiger partial charge >= 0.3 is 5.97 Å². The molecular weight excluding hydrogens is 230 g/mol. The minimum absolute atomic E-state index is 0.208. The summed E-state index contributed by atoms with van der Waals surface area (Å²) in [5.74, 6) is -3.71. The van der Waals surface area contributed by atoms with Gasteiger partial charge in [-0.15, -0.1) is 0 Å². The zero-order valence-electron chi connectivity index (χ0n) is 9.66. The molecule has 1 atom stereocenters. The maximum Gasteiger partial charge on any atom is 0.344 e. The van der Waals surface area contributed by atoms with Gasteiger partial charge in [0.15, 0.2) is 6.10 Å². The van der Waals surface area contributed by atoms with E-state index in [0.717, 1.165) is 25.0 Å². The van der Waals surface area contributed by atoms with Gasteiger partial charge in [0.05, 0.1) is 0 Å². The first-order chi connectivity index (χ1) is 7.94. The fourth-order valence-corrected chi connectivity index (χ4v) is 1.45. The molecule has 0 aromatic rings. The van der Waals surface area contributed by atoms with Gasteiger partial charge in [-0.2, -0.15) is 0 Å². The molecular formula is C12H16F2O3. The highest BCUT2D eigenvalue weighted by Gasteiger charge is 2.28. The van der Waals surface area contributed by atoms with E-state index in [9.17, 15) is 13.6 Å². The molecule has 0 fully saturated rings. The van der Waals surface area contributed by atoms with Crippen molar-refractivity contribution in [2.75, 3.05) is 0 Å². The summed E-state index contributed by atoms with van der Waals surface area (Å²) in [7, 11) is 0. The van der Waals surface area contributed by atoms with Gasteiger partial charge in [-0.1, -0.05) is 13.3 Å². The van der Waals surface area contributed by atoms with Crippen LogP contribution in [-0.2, 0) is 9.53 Å². The van der Waals surface area contributed by atoms with E-state index in [1.165, 1.54) is 6.08 Å². The second-order valence-corrected chi connectivity index (χ2v) is 3.99. The third kappa shape index (κ3) is 4.54. The van der Waals surface area contributed by atoms with E-state index in [1.807, 2.05) is 6.92 Å². The molecule has 0 saturated heterocycles. The van der Waals surface area contributed by atoms with Crippen molar-refractivity contribution in [2.45, 2.75) is 44.6 Å². The molecule has 0 aromatic carbocycles. The lowest BCUT2D eigenvalue weighted by Crippen LogP contribution is -2.24. The lowest BCUT2D eigenvalue weighted by molar-refractivity contribution is -0.148. The number of alkyl halides is 2. The van der Waals surface area contributed by atoms with Crippen LogP contribution in [-0.4, -0.2) is 23.1 Å². The van der Waals surface area contributed by atoms with E-state index in [-0.39, 0.29) is 5.76 Å². The number of carboxylic acids is 1. The minimum atomic E-state index is -2.85. The highest BCUT2D eigenvalue weighted by atomic mass is 19.3. The Balaban J connectivity index is 2.54. The van der Waals surface area contributed by atoms with Crippen LogP contribution in [0.1, 0.15) is 32.6 Å². The lowest BCUT2D eigenvalue weighted by Gasteiger charge is -2.19. The van der Waals surface area contributed by atoms with Crippen molar-refractivity contribution < 1.29 is 23.4 Å². The number of carbonyl (C=O) groups is 1. The first-order valence-electron chi connectivity index (χ1n) is 5.61. The van der Waals surface area contributed by atoms with Crippen LogP contribution in [0.4, 0.5) is 8.78 Å². The van der Waals surface area contributed by atoms with E-state index < -0.39 is 24.4 Å². The molecule has 17 heavy (non-hydrogen) atoms. The van der Waals surface area contributed by atoms with E-state index in [0.29, 0.717) is 6.42 Å². The van der Waals surface area contributed by atoms with Crippen molar-refractivity contribution in [2.24, 2.45) is 0 Å². The molecule has 0 aliphatic heterocycles. The molecule has 1 N–H and O–H groups in total. The number of hydrogen-bond donors (Lipinski definition) is 1. The Labute approximate surface area is 98.8 Å². The molecule has 0 saturated carbocycles. The van der Waals surface area contributed by atoms with Gasteiger partial charge in [-0.3, -0.25) is 0 Å². The molecule has 0 spiro atoms. The van der Waals surface area contributed by atoms with Gasteiger partial charge in [0.25, 0.3) is 5.92 Å². The van der Waals surface area contributed by atoms with E-state index in [1.54, 1.807) is 0 Å². The summed E-state index contributed by atoms with van der Waals surface area (Å²) in [5.41, 5.74) is 0. The highest BCUT2D eigenvalue weighted by molar-refractivity contribution is 5.72. The summed E-state index contributed by atoms with van der Waals surface area (Å²) in [5, 5.41) is 8.91. The van der Waals surface area contributed by atoms with Crippen molar-refractivity contribution in [3.63, 3.8) is 0 Å². The van der Waals surface area contributed by atoms with Crippen LogP contribution in [0.15, 0.2) is 24.0 Å². The maximum atomic E-state index is 12.8. The SMILES string of the molecule is CCCCC(OC1=CCC(F)(F)C=C1)C(=O)O. The van der Waals surface area contributed by atoms with E-state index in [4.69, 9.17) is 9.84 Å². The zero-order chi connectivity index (χ0) is 12.9. The van der Waals surface area contributed by atoms with Gasteiger partial charge < -0.3 is 9.84 Å². The third-order valence-corrected chi connectivity index (χ3v) is 2.44. The van der Waals surface area contributed by atoms with Crippen LogP contribution in [0.3, 0.4) is 0 Å². The number of allylic oxidation sites excluding steroid dienone is 3. The van der Waals surface area contributed by atoms with Crippen molar-refractivity contribution in [1.29, 1.82) is 0 Å². The quantitative estimate of drug-likeness (QED) is 0.783. The number of ether oxygens (including phenoxy) is 1. The molecule has 1 aliphatic rings. The van der Waals surface area contributed by atoms with Crippen molar-refractivity contribution in [1.82, 2.24) is 0 Å².